The number of methoxy groups -OCH3 is 2. The van der Waals surface area contributed by atoms with E-state index in [0.29, 0.717) is 44.6 Å². The quantitative estimate of drug-likeness (QED) is 0.0790. The Bertz CT molecular complexity index is 2210. The highest BCUT2D eigenvalue weighted by Gasteiger charge is 2.37. The van der Waals surface area contributed by atoms with Crippen molar-refractivity contribution < 1.29 is 38.4 Å². The number of alkyl carbamates (subject to hydrolysis) is 1. The summed E-state index contributed by atoms with van der Waals surface area (Å²) in [5, 5.41) is 26.3. The van der Waals surface area contributed by atoms with Gasteiger partial charge in [0.05, 0.1) is 26.2 Å². The molecular formula is C45H45Cl2N3O8. The Hall–Kier alpha value is -5.49. The minimum Gasteiger partial charge on any atom is -0.619 e. The zero-order valence-corrected chi connectivity index (χ0v) is 33.7. The number of amides is 1. The number of aliphatic carboxylic acids is 1. The smallest absolute Gasteiger partial charge is 0.408 e. The van der Waals surface area contributed by atoms with E-state index in [1.165, 1.54) is 26.6 Å². The van der Waals surface area contributed by atoms with Crippen LogP contribution >= 0.6 is 23.2 Å². The van der Waals surface area contributed by atoms with Crippen LogP contribution in [0.3, 0.4) is 0 Å². The predicted molar refractivity (Wildman–Crippen MR) is 220 cm³/mol. The molecule has 3 fully saturated rings. The Morgan fingerprint density at radius 2 is 1.53 bits per heavy atom. The molecule has 1 aromatic heterocycles. The lowest BCUT2D eigenvalue weighted by Crippen LogP contribution is -2.52. The molecule has 2 bridgehead atoms. The molecule has 0 saturated carbocycles. The van der Waals surface area contributed by atoms with Gasteiger partial charge in [-0.3, -0.25) is 9.69 Å². The van der Waals surface area contributed by atoms with E-state index in [9.17, 15) is 19.9 Å². The molecule has 58 heavy (non-hydrogen) atoms. The molecule has 4 heterocycles. The van der Waals surface area contributed by atoms with E-state index in [1.54, 1.807) is 30.3 Å². The molecule has 4 aromatic carbocycles. The van der Waals surface area contributed by atoms with Gasteiger partial charge in [-0.05, 0) is 90.4 Å². The Balaban J connectivity index is 1.13. The zero-order valence-electron chi connectivity index (χ0n) is 32.2. The predicted octanol–water partition coefficient (Wildman–Crippen LogP) is 8.33. The van der Waals surface area contributed by atoms with Crippen LogP contribution in [0.5, 0.6) is 17.2 Å². The van der Waals surface area contributed by atoms with E-state index in [-0.39, 0.29) is 29.2 Å². The van der Waals surface area contributed by atoms with E-state index >= 15 is 0 Å². The summed E-state index contributed by atoms with van der Waals surface area (Å²) in [4.78, 5) is 29.0. The van der Waals surface area contributed by atoms with Gasteiger partial charge in [0.15, 0.2) is 23.9 Å². The van der Waals surface area contributed by atoms with Crippen LogP contribution in [0.15, 0.2) is 109 Å². The van der Waals surface area contributed by atoms with Crippen molar-refractivity contribution in [1.82, 2.24) is 10.2 Å². The van der Waals surface area contributed by atoms with Gasteiger partial charge in [0, 0.05) is 18.0 Å². The first-order valence-corrected chi connectivity index (χ1v) is 19.9. The molecule has 3 aliphatic heterocycles. The summed E-state index contributed by atoms with van der Waals surface area (Å²) in [5.41, 5.74) is 4.06. The third-order valence-electron chi connectivity index (χ3n) is 11.1. The normalized spacial score (nSPS) is 18.7. The Morgan fingerprint density at radius 3 is 2.21 bits per heavy atom. The van der Waals surface area contributed by atoms with Crippen LogP contribution in [-0.2, 0) is 22.6 Å². The fourth-order valence-electron chi connectivity index (χ4n) is 8.17. The monoisotopic (exact) mass is 825 g/mol. The number of carboxylic acid groups (broad SMARTS) is 1. The highest BCUT2D eigenvalue weighted by atomic mass is 35.5. The number of nitrogens with zero attached hydrogens (tertiary/aromatic N) is 2. The largest absolute Gasteiger partial charge is 0.619 e. The van der Waals surface area contributed by atoms with Crippen LogP contribution in [-0.4, -0.2) is 62.0 Å². The third kappa shape index (κ3) is 9.44. The van der Waals surface area contributed by atoms with E-state index in [2.05, 4.69) is 10.2 Å². The first kappa shape index (κ1) is 40.7. The number of hydrogen-bond donors (Lipinski definition) is 2. The molecule has 13 heteroatoms. The highest BCUT2D eigenvalue weighted by Crippen LogP contribution is 2.42. The molecule has 0 spiro atoms. The van der Waals surface area contributed by atoms with Crippen LogP contribution in [0, 0.1) is 11.1 Å². The number of ether oxygens (including phenoxy) is 4. The van der Waals surface area contributed by atoms with Crippen molar-refractivity contribution in [3.8, 4) is 17.2 Å². The van der Waals surface area contributed by atoms with E-state index in [1.807, 2.05) is 66.7 Å². The number of carbonyl (C=O) groups is 2. The standard InChI is InChI=1S/C45H45Cl2N3O8/c1-55-39-15-14-31(22-40(39)56-2)35(23-36-37(46)24-50(54)25-38(36)47)42(44(51)52)32-11-6-8-28(20-32)27-57-34-13-7-12-33(21-34)43(30-9-4-3-5-10-30)48-45(53)58-41-26-49-18-16-29(41)17-19-49/h3-15,20-22,24-25,29,35,41-43H,16-19,23,26-27H2,1-2H3,(H,48,53)(H,51,52)/t35-,41+,42?,43+/m1/s1. The molecule has 0 aliphatic carbocycles. The van der Waals surface area contributed by atoms with Crippen molar-refractivity contribution in [1.29, 1.82) is 0 Å². The zero-order chi connectivity index (χ0) is 40.8. The summed E-state index contributed by atoms with van der Waals surface area (Å²) in [6, 6.07) is 29.3. The maximum atomic E-state index is 13.4. The summed E-state index contributed by atoms with van der Waals surface area (Å²) < 4.78 is 23.8. The summed E-state index contributed by atoms with van der Waals surface area (Å²) in [5.74, 6) is -0.987. The summed E-state index contributed by atoms with van der Waals surface area (Å²) in [7, 11) is 3.03. The number of fused-ring (bicyclic) bond motifs is 3. The second-order valence-corrected chi connectivity index (χ2v) is 15.5. The fraction of sp³-hybridized carbons (Fsp3) is 0.311. The van der Waals surface area contributed by atoms with Crippen molar-refractivity contribution in [3.63, 3.8) is 0 Å². The molecule has 3 aliphatic rings. The van der Waals surface area contributed by atoms with Gasteiger partial charge in [0.25, 0.3) is 0 Å². The second kappa shape index (κ2) is 18.4. The van der Waals surface area contributed by atoms with Gasteiger partial charge in [-0.25, -0.2) is 4.79 Å². The van der Waals surface area contributed by atoms with Crippen molar-refractivity contribution in [2.45, 2.75) is 49.9 Å². The molecule has 1 unspecified atom stereocenters. The molecule has 11 nitrogen and oxygen atoms in total. The summed E-state index contributed by atoms with van der Waals surface area (Å²) >= 11 is 13.1. The number of carboxylic acids is 1. The van der Waals surface area contributed by atoms with Gasteiger partial charge in [-0.2, -0.15) is 4.73 Å². The highest BCUT2D eigenvalue weighted by molar-refractivity contribution is 6.35. The van der Waals surface area contributed by atoms with Crippen LogP contribution in [0.4, 0.5) is 4.79 Å². The number of piperidine rings is 3. The van der Waals surface area contributed by atoms with Gasteiger partial charge in [0.2, 0.25) is 0 Å². The fourth-order valence-corrected chi connectivity index (χ4v) is 8.77. The number of halogens is 2. The Labute approximate surface area is 347 Å². The number of pyridine rings is 1. The first-order valence-electron chi connectivity index (χ1n) is 19.2. The lowest BCUT2D eigenvalue weighted by Gasteiger charge is -2.43. The summed E-state index contributed by atoms with van der Waals surface area (Å²) in [6.07, 6.45) is 3.99. The van der Waals surface area contributed by atoms with Crippen LogP contribution < -0.4 is 24.3 Å². The third-order valence-corrected chi connectivity index (χ3v) is 11.8. The number of rotatable bonds is 15. The lowest BCUT2D eigenvalue weighted by molar-refractivity contribution is -0.605. The van der Waals surface area contributed by atoms with E-state index in [0.717, 1.165) is 49.2 Å². The van der Waals surface area contributed by atoms with E-state index in [4.69, 9.17) is 42.1 Å². The summed E-state index contributed by atoms with van der Waals surface area (Å²) in [6.45, 7) is 3.01. The van der Waals surface area contributed by atoms with Crippen molar-refractivity contribution in [2.24, 2.45) is 5.92 Å². The molecule has 5 aromatic rings. The van der Waals surface area contributed by atoms with Crippen molar-refractivity contribution in [3.05, 3.63) is 158 Å². The average Bonchev–Trinajstić information content (AvgIpc) is 3.23. The molecule has 1 amide bonds. The van der Waals surface area contributed by atoms with Crippen LogP contribution in [0.2, 0.25) is 10.0 Å². The molecule has 8 rings (SSSR count). The van der Waals surface area contributed by atoms with Gasteiger partial charge in [0.1, 0.15) is 28.5 Å². The minimum absolute atomic E-state index is 0.0995. The molecular weight excluding hydrogens is 781 g/mol. The Morgan fingerprint density at radius 1 is 0.845 bits per heavy atom. The molecule has 302 valence electrons. The first-order chi connectivity index (χ1) is 28.1. The molecule has 3 saturated heterocycles. The minimum atomic E-state index is -1.08. The van der Waals surface area contributed by atoms with Gasteiger partial charge >= 0.3 is 12.1 Å². The molecule has 2 N–H and O–H groups in total. The number of aromatic nitrogens is 1. The SMILES string of the molecule is COc1ccc([C@@H](Cc2c(Cl)c[n+]([O-])cc2Cl)C(C(=O)O)c2cccc(COc3cccc([C@@H](NC(=O)O[C@H]4CN5CCC4CC5)c4ccccc4)c3)c2)cc1OC. The molecule has 0 radical (unpaired) electrons. The second-order valence-electron chi connectivity index (χ2n) is 14.7. The van der Waals surface area contributed by atoms with Gasteiger partial charge in [-0.15, -0.1) is 0 Å². The number of hydrogen-bond acceptors (Lipinski definition) is 8. The van der Waals surface area contributed by atoms with Crippen molar-refractivity contribution >= 4 is 35.3 Å². The lowest BCUT2D eigenvalue weighted by atomic mass is 9.77. The van der Waals surface area contributed by atoms with Gasteiger partial charge < -0.3 is 34.6 Å². The number of benzene rings is 4. The molecule has 4 atom stereocenters. The number of nitrogens with one attached hydrogen (secondary N) is 1. The topological polar surface area (TPSA) is 134 Å². The van der Waals surface area contributed by atoms with Crippen molar-refractivity contribution in [2.75, 3.05) is 33.9 Å². The van der Waals surface area contributed by atoms with Crippen LogP contribution in [0.1, 0.15) is 64.1 Å². The average molecular weight is 827 g/mol. The maximum Gasteiger partial charge on any atom is 0.408 e. The maximum absolute atomic E-state index is 13.4. The van der Waals surface area contributed by atoms with E-state index < -0.39 is 29.9 Å². The van der Waals surface area contributed by atoms with Crippen LogP contribution in [0.25, 0.3) is 0 Å². The Kier molecular flexibility index (Phi) is 12.9. The van der Waals surface area contributed by atoms with Gasteiger partial charge in [-0.1, -0.05) is 96.0 Å². The number of carbonyl (C=O) groups excluding carboxylic acids is 1.